The molecular formula is C20H19N3O2. The lowest BCUT2D eigenvalue weighted by atomic mass is 10.1. The quantitative estimate of drug-likeness (QED) is 0.778. The van der Waals surface area contributed by atoms with E-state index >= 15 is 0 Å². The van der Waals surface area contributed by atoms with E-state index in [0.717, 1.165) is 29.8 Å². The van der Waals surface area contributed by atoms with Gasteiger partial charge >= 0.3 is 0 Å². The maximum atomic E-state index is 12.7. The number of ether oxygens (including phenoxy) is 1. The molecule has 1 saturated carbocycles. The number of carbonyl (C=O) groups is 1. The summed E-state index contributed by atoms with van der Waals surface area (Å²) < 4.78 is 6.96. The lowest BCUT2D eigenvalue weighted by Gasteiger charge is -2.05. The fraction of sp³-hybridized carbons (Fsp3) is 0.200. The number of para-hydroxylation sites is 1. The van der Waals surface area contributed by atoms with Crippen molar-refractivity contribution in [2.75, 3.05) is 7.11 Å². The third kappa shape index (κ3) is 3.26. The van der Waals surface area contributed by atoms with Crippen molar-refractivity contribution >= 4 is 5.91 Å². The maximum Gasteiger partial charge on any atom is 0.255 e. The molecule has 0 aliphatic heterocycles. The van der Waals surface area contributed by atoms with Crippen molar-refractivity contribution in [3.8, 4) is 22.7 Å². The SMILES string of the molecule is COc1ccc(-c2nn(-c3ccccc3)cc2C(=O)NC2CC2)cc1. The predicted octanol–water partition coefficient (Wildman–Crippen LogP) is 3.44. The van der Waals surface area contributed by atoms with Crippen LogP contribution in [0.25, 0.3) is 16.9 Å². The number of carbonyl (C=O) groups excluding carboxylic acids is 1. The zero-order valence-electron chi connectivity index (χ0n) is 14.0. The van der Waals surface area contributed by atoms with Crippen LogP contribution < -0.4 is 10.1 Å². The molecule has 0 radical (unpaired) electrons. The molecule has 0 bridgehead atoms. The summed E-state index contributed by atoms with van der Waals surface area (Å²) in [7, 11) is 1.63. The number of nitrogens with one attached hydrogen (secondary N) is 1. The summed E-state index contributed by atoms with van der Waals surface area (Å²) in [4.78, 5) is 12.7. The lowest BCUT2D eigenvalue weighted by Crippen LogP contribution is -2.25. The second kappa shape index (κ2) is 6.43. The Hall–Kier alpha value is -3.08. The van der Waals surface area contributed by atoms with E-state index in [0.29, 0.717) is 17.3 Å². The fourth-order valence-electron chi connectivity index (χ4n) is 2.71. The van der Waals surface area contributed by atoms with Crippen molar-refractivity contribution < 1.29 is 9.53 Å². The number of benzene rings is 2. The van der Waals surface area contributed by atoms with Crippen LogP contribution in [0.2, 0.25) is 0 Å². The van der Waals surface area contributed by atoms with Gasteiger partial charge in [-0.1, -0.05) is 18.2 Å². The highest BCUT2D eigenvalue weighted by Crippen LogP contribution is 2.27. The van der Waals surface area contributed by atoms with Crippen LogP contribution in [0.5, 0.6) is 5.75 Å². The summed E-state index contributed by atoms with van der Waals surface area (Å²) in [5.41, 5.74) is 3.06. The summed E-state index contributed by atoms with van der Waals surface area (Å²) in [5, 5.41) is 7.72. The molecule has 1 heterocycles. The number of aromatic nitrogens is 2. The molecule has 25 heavy (non-hydrogen) atoms. The standard InChI is InChI=1S/C20H19N3O2/c1-25-17-11-7-14(8-12-17)19-18(20(24)21-15-9-10-15)13-23(22-19)16-5-3-2-4-6-16/h2-8,11-13,15H,9-10H2,1H3,(H,21,24). The molecule has 1 aliphatic rings. The predicted molar refractivity (Wildman–Crippen MR) is 96.0 cm³/mol. The second-order valence-electron chi connectivity index (χ2n) is 6.15. The topological polar surface area (TPSA) is 56.2 Å². The average Bonchev–Trinajstić information content (AvgIpc) is 3.36. The lowest BCUT2D eigenvalue weighted by molar-refractivity contribution is 0.0951. The molecule has 1 fully saturated rings. The van der Waals surface area contributed by atoms with Crippen molar-refractivity contribution in [1.29, 1.82) is 0 Å². The van der Waals surface area contributed by atoms with E-state index in [9.17, 15) is 4.79 Å². The monoisotopic (exact) mass is 333 g/mol. The number of nitrogens with zero attached hydrogens (tertiary/aromatic N) is 2. The van der Waals surface area contributed by atoms with Gasteiger partial charge in [-0.2, -0.15) is 5.10 Å². The molecule has 1 amide bonds. The summed E-state index contributed by atoms with van der Waals surface area (Å²) in [6, 6.07) is 17.7. The highest BCUT2D eigenvalue weighted by molar-refractivity contribution is 6.00. The number of methoxy groups -OCH3 is 1. The van der Waals surface area contributed by atoms with E-state index in [1.165, 1.54) is 0 Å². The van der Waals surface area contributed by atoms with Gasteiger partial charge in [0.25, 0.3) is 5.91 Å². The van der Waals surface area contributed by atoms with Crippen molar-refractivity contribution in [2.45, 2.75) is 18.9 Å². The maximum absolute atomic E-state index is 12.7. The second-order valence-corrected chi connectivity index (χ2v) is 6.15. The van der Waals surface area contributed by atoms with Gasteiger partial charge in [-0.25, -0.2) is 4.68 Å². The summed E-state index contributed by atoms with van der Waals surface area (Å²) in [6.07, 6.45) is 3.90. The number of rotatable bonds is 5. The third-order valence-electron chi connectivity index (χ3n) is 4.26. The van der Waals surface area contributed by atoms with Gasteiger partial charge < -0.3 is 10.1 Å². The fourth-order valence-corrected chi connectivity index (χ4v) is 2.71. The van der Waals surface area contributed by atoms with Crippen LogP contribution in [0, 0.1) is 0 Å². The van der Waals surface area contributed by atoms with Crippen LogP contribution in [0.1, 0.15) is 23.2 Å². The minimum atomic E-state index is -0.0736. The third-order valence-corrected chi connectivity index (χ3v) is 4.26. The van der Waals surface area contributed by atoms with Crippen LogP contribution in [-0.4, -0.2) is 28.8 Å². The highest BCUT2D eigenvalue weighted by atomic mass is 16.5. The molecule has 1 aliphatic carbocycles. The van der Waals surface area contributed by atoms with E-state index in [1.807, 2.05) is 54.6 Å². The molecule has 4 rings (SSSR count). The first-order valence-corrected chi connectivity index (χ1v) is 8.35. The minimum absolute atomic E-state index is 0.0736. The van der Waals surface area contributed by atoms with Crippen LogP contribution in [0.4, 0.5) is 0 Å². The van der Waals surface area contributed by atoms with Gasteiger partial charge in [0.1, 0.15) is 11.4 Å². The Bertz CT molecular complexity index is 881. The first kappa shape index (κ1) is 15.4. The molecule has 0 unspecified atom stereocenters. The smallest absolute Gasteiger partial charge is 0.255 e. The number of hydrogen-bond donors (Lipinski definition) is 1. The Labute approximate surface area is 146 Å². The van der Waals surface area contributed by atoms with Crippen LogP contribution >= 0.6 is 0 Å². The normalized spacial score (nSPS) is 13.5. The molecule has 0 spiro atoms. The highest BCUT2D eigenvalue weighted by Gasteiger charge is 2.26. The van der Waals surface area contributed by atoms with Crippen molar-refractivity contribution in [3.05, 3.63) is 66.4 Å². The first-order valence-electron chi connectivity index (χ1n) is 8.35. The Morgan fingerprint density at radius 2 is 1.84 bits per heavy atom. The Morgan fingerprint density at radius 3 is 2.48 bits per heavy atom. The van der Waals surface area contributed by atoms with Gasteiger partial charge in [0.2, 0.25) is 0 Å². The molecular weight excluding hydrogens is 314 g/mol. The minimum Gasteiger partial charge on any atom is -0.497 e. The molecule has 5 nitrogen and oxygen atoms in total. The summed E-state index contributed by atoms with van der Waals surface area (Å²) in [6.45, 7) is 0. The molecule has 3 aromatic rings. The average molecular weight is 333 g/mol. The van der Waals surface area contributed by atoms with Crippen LogP contribution in [0.15, 0.2) is 60.8 Å². The van der Waals surface area contributed by atoms with E-state index in [1.54, 1.807) is 18.0 Å². The van der Waals surface area contributed by atoms with Gasteiger partial charge in [0.15, 0.2) is 0 Å². The molecule has 1 N–H and O–H groups in total. The molecule has 0 atom stereocenters. The summed E-state index contributed by atoms with van der Waals surface area (Å²) in [5.74, 6) is 0.700. The van der Waals surface area contributed by atoms with Gasteiger partial charge in [-0.3, -0.25) is 4.79 Å². The van der Waals surface area contributed by atoms with E-state index in [2.05, 4.69) is 10.4 Å². The van der Waals surface area contributed by atoms with Gasteiger partial charge in [0.05, 0.1) is 18.4 Å². The Kier molecular flexibility index (Phi) is 3.98. The van der Waals surface area contributed by atoms with Crippen molar-refractivity contribution in [2.24, 2.45) is 0 Å². The molecule has 1 aromatic heterocycles. The van der Waals surface area contributed by atoms with Gasteiger partial charge in [-0.15, -0.1) is 0 Å². The van der Waals surface area contributed by atoms with Gasteiger partial charge in [-0.05, 0) is 49.2 Å². The van der Waals surface area contributed by atoms with Crippen LogP contribution in [-0.2, 0) is 0 Å². The zero-order valence-corrected chi connectivity index (χ0v) is 14.0. The summed E-state index contributed by atoms with van der Waals surface area (Å²) >= 11 is 0. The van der Waals surface area contributed by atoms with E-state index in [-0.39, 0.29) is 5.91 Å². The van der Waals surface area contributed by atoms with E-state index in [4.69, 9.17) is 4.74 Å². The number of amides is 1. The first-order chi connectivity index (χ1) is 12.2. The van der Waals surface area contributed by atoms with Gasteiger partial charge in [0, 0.05) is 17.8 Å². The number of hydrogen-bond acceptors (Lipinski definition) is 3. The zero-order chi connectivity index (χ0) is 17.2. The molecule has 0 saturated heterocycles. The van der Waals surface area contributed by atoms with E-state index < -0.39 is 0 Å². The largest absolute Gasteiger partial charge is 0.497 e. The van der Waals surface area contributed by atoms with Crippen molar-refractivity contribution in [3.63, 3.8) is 0 Å². The Balaban J connectivity index is 1.76. The molecule has 2 aromatic carbocycles. The van der Waals surface area contributed by atoms with Crippen molar-refractivity contribution in [1.82, 2.24) is 15.1 Å². The Morgan fingerprint density at radius 1 is 1.12 bits per heavy atom. The van der Waals surface area contributed by atoms with Crippen LogP contribution in [0.3, 0.4) is 0 Å². The molecule has 5 heteroatoms. The molecule has 126 valence electrons.